The molecule has 0 fully saturated rings. The van der Waals surface area contributed by atoms with Crippen molar-refractivity contribution in [3.05, 3.63) is 35.4 Å². The predicted octanol–water partition coefficient (Wildman–Crippen LogP) is 2.85. The van der Waals surface area contributed by atoms with E-state index < -0.39 is 5.60 Å². The number of hydrogen-bond donors (Lipinski definition) is 2. The highest BCUT2D eigenvalue weighted by Gasteiger charge is 2.22. The van der Waals surface area contributed by atoms with Crippen molar-refractivity contribution in [2.45, 2.75) is 45.6 Å². The summed E-state index contributed by atoms with van der Waals surface area (Å²) in [6.07, 6.45) is 2.89. The summed E-state index contributed by atoms with van der Waals surface area (Å²) in [5.41, 5.74) is 1.57. The second kappa shape index (κ2) is 6.77. The molecule has 17 heavy (non-hydrogen) atoms. The Morgan fingerprint density at radius 1 is 1.24 bits per heavy atom. The molecule has 1 unspecified atom stereocenters. The molecule has 0 aliphatic heterocycles. The molecular weight excluding hydrogens is 210 g/mol. The molecule has 0 heterocycles. The Hall–Kier alpha value is -0.860. The second-order valence-electron chi connectivity index (χ2n) is 4.83. The molecule has 0 saturated carbocycles. The van der Waals surface area contributed by atoms with Crippen molar-refractivity contribution in [3.8, 4) is 0 Å². The number of benzene rings is 1. The maximum Gasteiger partial charge on any atom is 0.0880 e. The zero-order valence-corrected chi connectivity index (χ0v) is 11.3. The summed E-state index contributed by atoms with van der Waals surface area (Å²) in [5.74, 6) is 0. The van der Waals surface area contributed by atoms with Crippen molar-refractivity contribution >= 4 is 0 Å². The molecule has 0 radical (unpaired) electrons. The molecule has 1 atom stereocenters. The molecule has 2 heteroatoms. The third-order valence-electron chi connectivity index (χ3n) is 3.17. The molecule has 0 saturated heterocycles. The standard InChI is InChI=1S/C15H25NO/c1-4-10-16-11-9-15(3,17)14-8-6-7-13(5-2)12-14/h6-8,12,16-17H,4-5,9-11H2,1-3H3. The van der Waals surface area contributed by atoms with Crippen molar-refractivity contribution in [2.24, 2.45) is 0 Å². The fourth-order valence-corrected chi connectivity index (χ4v) is 1.90. The van der Waals surface area contributed by atoms with Crippen LogP contribution in [0.3, 0.4) is 0 Å². The molecule has 2 N–H and O–H groups in total. The molecule has 1 rings (SSSR count). The SMILES string of the molecule is CCCNCCC(C)(O)c1cccc(CC)c1. The highest BCUT2D eigenvalue weighted by molar-refractivity contribution is 5.27. The van der Waals surface area contributed by atoms with E-state index in [0.717, 1.165) is 37.9 Å². The third-order valence-corrected chi connectivity index (χ3v) is 3.17. The summed E-state index contributed by atoms with van der Waals surface area (Å²) in [6, 6.07) is 8.26. The van der Waals surface area contributed by atoms with Crippen LogP contribution < -0.4 is 5.32 Å². The van der Waals surface area contributed by atoms with Crippen LogP contribution in [0, 0.1) is 0 Å². The lowest BCUT2D eigenvalue weighted by Gasteiger charge is -2.24. The van der Waals surface area contributed by atoms with Crippen LogP contribution in [0.2, 0.25) is 0 Å². The van der Waals surface area contributed by atoms with Crippen LogP contribution in [0.25, 0.3) is 0 Å². The molecule has 96 valence electrons. The second-order valence-corrected chi connectivity index (χ2v) is 4.83. The third kappa shape index (κ3) is 4.49. The summed E-state index contributed by atoms with van der Waals surface area (Å²) < 4.78 is 0. The van der Waals surface area contributed by atoms with Crippen LogP contribution in [-0.2, 0) is 12.0 Å². The van der Waals surface area contributed by atoms with E-state index in [1.165, 1.54) is 5.56 Å². The van der Waals surface area contributed by atoms with E-state index in [2.05, 4.69) is 31.3 Å². The molecule has 1 aromatic rings. The number of nitrogens with one attached hydrogen (secondary N) is 1. The molecular formula is C15H25NO. The predicted molar refractivity (Wildman–Crippen MR) is 73.2 cm³/mol. The summed E-state index contributed by atoms with van der Waals surface area (Å²) in [4.78, 5) is 0. The first-order valence-electron chi connectivity index (χ1n) is 6.62. The molecule has 0 bridgehead atoms. The Morgan fingerprint density at radius 3 is 2.65 bits per heavy atom. The molecule has 0 aliphatic rings. The number of aryl methyl sites for hydroxylation is 1. The van der Waals surface area contributed by atoms with E-state index in [-0.39, 0.29) is 0 Å². The van der Waals surface area contributed by atoms with Crippen molar-refractivity contribution in [3.63, 3.8) is 0 Å². The average molecular weight is 235 g/mol. The minimum atomic E-state index is -0.730. The van der Waals surface area contributed by atoms with Crippen LogP contribution in [0.15, 0.2) is 24.3 Å². The normalized spacial score (nSPS) is 14.6. The van der Waals surface area contributed by atoms with E-state index in [0.29, 0.717) is 0 Å². The van der Waals surface area contributed by atoms with Gasteiger partial charge in [-0.3, -0.25) is 0 Å². The molecule has 0 amide bonds. The van der Waals surface area contributed by atoms with Gasteiger partial charge in [0.15, 0.2) is 0 Å². The highest BCUT2D eigenvalue weighted by Crippen LogP contribution is 2.24. The fraction of sp³-hybridized carbons (Fsp3) is 0.600. The van der Waals surface area contributed by atoms with Crippen molar-refractivity contribution in [2.75, 3.05) is 13.1 Å². The first-order chi connectivity index (χ1) is 8.10. The summed E-state index contributed by atoms with van der Waals surface area (Å²) in [5, 5.41) is 13.8. The van der Waals surface area contributed by atoms with Gasteiger partial charge in [0.2, 0.25) is 0 Å². The van der Waals surface area contributed by atoms with Gasteiger partial charge in [-0.15, -0.1) is 0 Å². The maximum atomic E-state index is 10.5. The van der Waals surface area contributed by atoms with Gasteiger partial charge in [0.05, 0.1) is 5.60 Å². The lowest BCUT2D eigenvalue weighted by Crippen LogP contribution is -2.28. The van der Waals surface area contributed by atoms with Crippen LogP contribution in [0.5, 0.6) is 0 Å². The molecule has 2 nitrogen and oxygen atoms in total. The highest BCUT2D eigenvalue weighted by atomic mass is 16.3. The topological polar surface area (TPSA) is 32.3 Å². The van der Waals surface area contributed by atoms with Gasteiger partial charge >= 0.3 is 0 Å². The monoisotopic (exact) mass is 235 g/mol. The minimum absolute atomic E-state index is 0.730. The summed E-state index contributed by atoms with van der Waals surface area (Å²) >= 11 is 0. The van der Waals surface area contributed by atoms with Crippen molar-refractivity contribution in [1.82, 2.24) is 5.32 Å². The van der Waals surface area contributed by atoms with E-state index in [1.54, 1.807) is 0 Å². The van der Waals surface area contributed by atoms with Crippen molar-refractivity contribution in [1.29, 1.82) is 0 Å². The van der Waals surface area contributed by atoms with Crippen LogP contribution >= 0.6 is 0 Å². The van der Waals surface area contributed by atoms with Gasteiger partial charge in [-0.05, 0) is 50.4 Å². The van der Waals surface area contributed by atoms with Gasteiger partial charge in [-0.2, -0.15) is 0 Å². The van der Waals surface area contributed by atoms with E-state index >= 15 is 0 Å². The zero-order chi connectivity index (χ0) is 12.7. The van der Waals surface area contributed by atoms with Gasteiger partial charge in [0.1, 0.15) is 0 Å². The van der Waals surface area contributed by atoms with Crippen LogP contribution in [-0.4, -0.2) is 18.2 Å². The van der Waals surface area contributed by atoms with E-state index in [1.807, 2.05) is 19.1 Å². The van der Waals surface area contributed by atoms with Crippen LogP contribution in [0.1, 0.15) is 44.7 Å². The number of aliphatic hydroxyl groups is 1. The lowest BCUT2D eigenvalue weighted by molar-refractivity contribution is 0.0480. The first-order valence-corrected chi connectivity index (χ1v) is 6.62. The Kier molecular flexibility index (Phi) is 5.66. The van der Waals surface area contributed by atoms with Gasteiger partial charge in [-0.1, -0.05) is 38.1 Å². The van der Waals surface area contributed by atoms with Gasteiger partial charge in [-0.25, -0.2) is 0 Å². The molecule has 0 aromatic heterocycles. The quantitative estimate of drug-likeness (QED) is 0.712. The van der Waals surface area contributed by atoms with E-state index in [4.69, 9.17) is 0 Å². The van der Waals surface area contributed by atoms with Gasteiger partial charge in [0.25, 0.3) is 0 Å². The maximum absolute atomic E-state index is 10.5. The van der Waals surface area contributed by atoms with Crippen molar-refractivity contribution < 1.29 is 5.11 Å². The average Bonchev–Trinajstić information content (AvgIpc) is 2.35. The fourth-order valence-electron chi connectivity index (χ4n) is 1.90. The Bertz CT molecular complexity index is 333. The summed E-state index contributed by atoms with van der Waals surface area (Å²) in [6.45, 7) is 8.06. The smallest absolute Gasteiger partial charge is 0.0880 e. The lowest BCUT2D eigenvalue weighted by atomic mass is 9.91. The number of rotatable bonds is 7. The summed E-state index contributed by atoms with van der Waals surface area (Å²) in [7, 11) is 0. The molecule has 1 aromatic carbocycles. The minimum Gasteiger partial charge on any atom is -0.385 e. The zero-order valence-electron chi connectivity index (χ0n) is 11.3. The largest absolute Gasteiger partial charge is 0.385 e. The Balaban J connectivity index is 2.61. The molecule has 0 aliphatic carbocycles. The Labute approximate surface area is 105 Å². The Morgan fingerprint density at radius 2 is 2.00 bits per heavy atom. The van der Waals surface area contributed by atoms with E-state index in [9.17, 15) is 5.11 Å². The molecule has 0 spiro atoms. The van der Waals surface area contributed by atoms with Gasteiger partial charge in [0, 0.05) is 0 Å². The first kappa shape index (κ1) is 14.2. The number of hydrogen-bond acceptors (Lipinski definition) is 2. The van der Waals surface area contributed by atoms with Crippen LogP contribution in [0.4, 0.5) is 0 Å². The van der Waals surface area contributed by atoms with Gasteiger partial charge < -0.3 is 10.4 Å².